The molecule has 0 spiro atoms. The van der Waals surface area contributed by atoms with Gasteiger partial charge in [-0.05, 0) is 26.0 Å². The Hall–Kier alpha value is -0.890. The quantitative estimate of drug-likeness (QED) is 0.384. The van der Waals surface area contributed by atoms with Crippen molar-refractivity contribution in [1.29, 1.82) is 0 Å². The second-order valence-electron chi connectivity index (χ2n) is 3.87. The predicted molar refractivity (Wildman–Crippen MR) is 61.3 cm³/mol. The molecule has 14 heavy (non-hydrogen) atoms. The second kappa shape index (κ2) is 7.51. The molecule has 2 nitrogen and oxygen atoms in total. The van der Waals surface area contributed by atoms with E-state index in [1.807, 2.05) is 26.8 Å². The van der Waals surface area contributed by atoms with E-state index in [1.165, 1.54) is 5.57 Å². The fourth-order valence-electron chi connectivity index (χ4n) is 0.855. The zero-order valence-corrected chi connectivity index (χ0v) is 9.47. The molecular weight excluding hydrogens is 174 g/mol. The summed E-state index contributed by atoms with van der Waals surface area (Å²) in [5, 5.41) is 3.21. The maximum Gasteiger partial charge on any atom is 0.157 e. The van der Waals surface area contributed by atoms with Gasteiger partial charge in [-0.25, -0.2) is 0 Å². The van der Waals surface area contributed by atoms with Gasteiger partial charge in [0.05, 0.1) is 0 Å². The highest BCUT2D eigenvalue weighted by Crippen LogP contribution is 1.95. The first-order valence-electron chi connectivity index (χ1n) is 5.09. The van der Waals surface area contributed by atoms with Crippen LogP contribution in [0.4, 0.5) is 0 Å². The molecule has 0 amide bonds. The fourth-order valence-corrected chi connectivity index (χ4v) is 0.855. The Morgan fingerprint density at radius 2 is 2.14 bits per heavy atom. The number of allylic oxidation sites excluding steroid dienone is 1. The first-order chi connectivity index (χ1) is 6.54. The van der Waals surface area contributed by atoms with Crippen molar-refractivity contribution in [3.05, 3.63) is 24.3 Å². The Morgan fingerprint density at radius 1 is 1.50 bits per heavy atom. The lowest BCUT2D eigenvalue weighted by Crippen LogP contribution is -2.15. The van der Waals surface area contributed by atoms with Crippen LogP contribution < -0.4 is 5.32 Å². The second-order valence-corrected chi connectivity index (χ2v) is 3.87. The zero-order chi connectivity index (χ0) is 11.0. The summed E-state index contributed by atoms with van der Waals surface area (Å²) >= 11 is 0. The van der Waals surface area contributed by atoms with Crippen LogP contribution in [-0.4, -0.2) is 18.9 Å². The largest absolute Gasteiger partial charge is 0.313 e. The molecule has 0 aromatic heterocycles. The lowest BCUT2D eigenvalue weighted by molar-refractivity contribution is -0.117. The van der Waals surface area contributed by atoms with E-state index in [0.29, 0.717) is 0 Å². The van der Waals surface area contributed by atoms with Crippen LogP contribution in [-0.2, 0) is 4.79 Å². The molecule has 0 aromatic rings. The van der Waals surface area contributed by atoms with Gasteiger partial charge in [-0.2, -0.15) is 0 Å². The summed E-state index contributed by atoms with van der Waals surface area (Å²) in [5.74, 6) is 0.286. The van der Waals surface area contributed by atoms with Crippen LogP contribution in [0.1, 0.15) is 27.2 Å². The Balaban J connectivity index is 3.45. The molecule has 0 rings (SSSR count). The minimum Gasteiger partial charge on any atom is -0.313 e. The average Bonchev–Trinajstić information content (AvgIpc) is 2.09. The monoisotopic (exact) mass is 195 g/mol. The normalized spacial score (nSPS) is 11.1. The van der Waals surface area contributed by atoms with Gasteiger partial charge in [0.1, 0.15) is 0 Å². The van der Waals surface area contributed by atoms with Gasteiger partial charge in [-0.1, -0.05) is 25.5 Å². The molecule has 0 aliphatic heterocycles. The smallest absolute Gasteiger partial charge is 0.157 e. The standard InChI is InChI=1S/C12H21NO/c1-10(2)7-9-13-8-5-6-12(14)11(3)4/h5-6,11,13H,1,7-9H2,2-4H3/b6-5+. The van der Waals surface area contributed by atoms with E-state index in [2.05, 4.69) is 11.9 Å². The van der Waals surface area contributed by atoms with E-state index in [-0.39, 0.29) is 11.7 Å². The highest BCUT2D eigenvalue weighted by Gasteiger charge is 2.00. The lowest BCUT2D eigenvalue weighted by Gasteiger charge is -2.00. The van der Waals surface area contributed by atoms with E-state index in [4.69, 9.17) is 0 Å². The predicted octanol–water partition coefficient (Wildman–Crippen LogP) is 2.32. The van der Waals surface area contributed by atoms with E-state index < -0.39 is 0 Å². The fraction of sp³-hybridized carbons (Fsp3) is 0.583. The molecule has 0 saturated heterocycles. The summed E-state index contributed by atoms with van der Waals surface area (Å²) in [6, 6.07) is 0. The van der Waals surface area contributed by atoms with Gasteiger partial charge in [0.25, 0.3) is 0 Å². The molecule has 2 heteroatoms. The molecule has 0 aromatic carbocycles. The maximum absolute atomic E-state index is 11.2. The van der Waals surface area contributed by atoms with Crippen molar-refractivity contribution >= 4 is 5.78 Å². The molecule has 0 bridgehead atoms. The van der Waals surface area contributed by atoms with Crippen LogP contribution in [0.3, 0.4) is 0 Å². The molecule has 1 N–H and O–H groups in total. The van der Waals surface area contributed by atoms with Crippen molar-refractivity contribution in [3.63, 3.8) is 0 Å². The molecule has 0 aliphatic rings. The number of hydrogen-bond donors (Lipinski definition) is 1. The van der Waals surface area contributed by atoms with Crippen LogP contribution in [0.5, 0.6) is 0 Å². The van der Waals surface area contributed by atoms with E-state index in [0.717, 1.165) is 19.5 Å². The van der Waals surface area contributed by atoms with E-state index in [1.54, 1.807) is 6.08 Å². The average molecular weight is 195 g/mol. The molecule has 0 unspecified atom stereocenters. The number of ketones is 1. The third-order valence-electron chi connectivity index (χ3n) is 1.84. The Bertz CT molecular complexity index is 216. The van der Waals surface area contributed by atoms with Gasteiger partial charge in [-0.15, -0.1) is 6.58 Å². The van der Waals surface area contributed by atoms with Gasteiger partial charge in [0.2, 0.25) is 0 Å². The Morgan fingerprint density at radius 3 is 2.64 bits per heavy atom. The van der Waals surface area contributed by atoms with E-state index >= 15 is 0 Å². The topological polar surface area (TPSA) is 29.1 Å². The highest BCUT2D eigenvalue weighted by molar-refractivity contribution is 5.91. The molecular formula is C12H21NO. The molecule has 0 aliphatic carbocycles. The summed E-state index contributed by atoms with van der Waals surface area (Å²) < 4.78 is 0. The van der Waals surface area contributed by atoms with Crippen LogP contribution >= 0.6 is 0 Å². The first-order valence-corrected chi connectivity index (χ1v) is 5.09. The summed E-state index contributed by atoms with van der Waals surface area (Å²) in [6.45, 7) is 11.3. The van der Waals surface area contributed by atoms with Crippen molar-refractivity contribution in [2.75, 3.05) is 13.1 Å². The molecule has 0 saturated carbocycles. The SMILES string of the molecule is C=C(C)CCNC/C=C/C(=O)C(C)C. The molecule has 0 heterocycles. The zero-order valence-electron chi connectivity index (χ0n) is 9.47. The minimum atomic E-state index is 0.0988. The van der Waals surface area contributed by atoms with Crippen molar-refractivity contribution < 1.29 is 4.79 Å². The summed E-state index contributed by atoms with van der Waals surface area (Å²) in [4.78, 5) is 11.2. The highest BCUT2D eigenvalue weighted by atomic mass is 16.1. The molecule has 0 fully saturated rings. The third kappa shape index (κ3) is 7.74. The van der Waals surface area contributed by atoms with Crippen molar-refractivity contribution in [2.45, 2.75) is 27.2 Å². The first kappa shape index (κ1) is 13.1. The number of carbonyl (C=O) groups excluding carboxylic acids is 1. The Labute approximate surface area is 87.1 Å². The number of hydrogen-bond acceptors (Lipinski definition) is 2. The maximum atomic E-state index is 11.2. The Kier molecular flexibility index (Phi) is 7.03. The van der Waals surface area contributed by atoms with Crippen LogP contribution in [0.25, 0.3) is 0 Å². The van der Waals surface area contributed by atoms with Crippen molar-refractivity contribution in [2.24, 2.45) is 5.92 Å². The van der Waals surface area contributed by atoms with Crippen LogP contribution in [0.15, 0.2) is 24.3 Å². The molecule has 0 radical (unpaired) electrons. The van der Waals surface area contributed by atoms with Gasteiger partial charge in [0.15, 0.2) is 5.78 Å². The summed E-state index contributed by atoms with van der Waals surface area (Å²) in [5.41, 5.74) is 1.18. The van der Waals surface area contributed by atoms with E-state index in [9.17, 15) is 4.79 Å². The van der Waals surface area contributed by atoms with Crippen LogP contribution in [0, 0.1) is 5.92 Å². The number of nitrogens with one attached hydrogen (secondary N) is 1. The molecule has 0 atom stereocenters. The van der Waals surface area contributed by atoms with Crippen molar-refractivity contribution in [1.82, 2.24) is 5.32 Å². The minimum absolute atomic E-state index is 0.0988. The lowest BCUT2D eigenvalue weighted by atomic mass is 10.1. The number of carbonyl (C=O) groups is 1. The summed E-state index contributed by atoms with van der Waals surface area (Å²) in [6.07, 6.45) is 4.52. The van der Waals surface area contributed by atoms with Crippen LogP contribution in [0.2, 0.25) is 0 Å². The van der Waals surface area contributed by atoms with Gasteiger partial charge in [0, 0.05) is 12.5 Å². The van der Waals surface area contributed by atoms with Gasteiger partial charge < -0.3 is 5.32 Å². The number of rotatable bonds is 7. The van der Waals surface area contributed by atoms with Gasteiger partial charge >= 0.3 is 0 Å². The van der Waals surface area contributed by atoms with Crippen molar-refractivity contribution in [3.8, 4) is 0 Å². The van der Waals surface area contributed by atoms with Gasteiger partial charge in [-0.3, -0.25) is 4.79 Å². The third-order valence-corrected chi connectivity index (χ3v) is 1.84. The summed E-state index contributed by atoms with van der Waals surface area (Å²) in [7, 11) is 0. The molecule has 80 valence electrons.